The molecule has 1 aromatic heterocycles. The highest BCUT2D eigenvalue weighted by atomic mass is 15.5. The van der Waals surface area contributed by atoms with E-state index in [0.29, 0.717) is 11.8 Å². The van der Waals surface area contributed by atoms with Crippen LogP contribution in [-0.2, 0) is 12.8 Å². The maximum Gasteiger partial charge on any atom is 0.178 e. The molecule has 3 aromatic rings. The van der Waals surface area contributed by atoms with Crippen molar-refractivity contribution in [2.45, 2.75) is 106 Å². The monoisotopic (exact) mass is 536 g/mol. The molecule has 0 saturated heterocycles. The summed E-state index contributed by atoms with van der Waals surface area (Å²) in [6.07, 6.45) is 6.89. The van der Waals surface area contributed by atoms with Crippen LogP contribution in [0.3, 0.4) is 0 Å². The third-order valence-electron chi connectivity index (χ3n) is 9.74. The summed E-state index contributed by atoms with van der Waals surface area (Å²) in [5, 5.41) is 0. The highest BCUT2D eigenvalue weighted by Gasteiger charge is 2.62. The highest BCUT2D eigenvalue weighted by molar-refractivity contribution is 5.86. The number of fused-ring (bicyclic) bond motifs is 7. The number of benzene rings is 2. The van der Waals surface area contributed by atoms with Crippen LogP contribution in [0.1, 0.15) is 104 Å². The average Bonchev–Trinajstić information content (AvgIpc) is 3.16. The largest absolute Gasteiger partial charge is 0.301 e. The minimum atomic E-state index is 0.125. The van der Waals surface area contributed by atoms with Crippen molar-refractivity contribution in [3.63, 3.8) is 0 Å². The van der Waals surface area contributed by atoms with Crippen LogP contribution in [-0.4, -0.2) is 16.1 Å². The van der Waals surface area contributed by atoms with E-state index in [1.807, 2.05) is 0 Å². The van der Waals surface area contributed by atoms with E-state index in [1.165, 1.54) is 41.9 Å². The second-order valence-electron chi connectivity index (χ2n) is 15.0. The summed E-state index contributed by atoms with van der Waals surface area (Å²) in [5.41, 5.74) is 6.80. The molecule has 1 fully saturated rings. The van der Waals surface area contributed by atoms with Gasteiger partial charge in [-0.05, 0) is 85.0 Å². The number of hydrogen-bond acceptors (Lipinski definition) is 4. The number of para-hydroxylation sites is 2. The van der Waals surface area contributed by atoms with Crippen LogP contribution in [0.15, 0.2) is 54.6 Å². The first kappa shape index (κ1) is 27.3. The summed E-state index contributed by atoms with van der Waals surface area (Å²) in [7, 11) is 0. The van der Waals surface area contributed by atoms with E-state index in [4.69, 9.17) is 9.97 Å². The molecule has 0 spiro atoms. The lowest BCUT2D eigenvalue weighted by Gasteiger charge is -2.57. The predicted octanol–water partition coefficient (Wildman–Crippen LogP) is 9.58. The third-order valence-corrected chi connectivity index (χ3v) is 9.74. The van der Waals surface area contributed by atoms with Gasteiger partial charge in [0.25, 0.3) is 0 Å². The minimum absolute atomic E-state index is 0.125. The van der Waals surface area contributed by atoms with E-state index >= 15 is 0 Å². The van der Waals surface area contributed by atoms with Crippen molar-refractivity contribution in [2.75, 3.05) is 9.80 Å². The summed E-state index contributed by atoms with van der Waals surface area (Å²) in [4.78, 5) is 16.5. The molecule has 40 heavy (non-hydrogen) atoms. The van der Waals surface area contributed by atoms with Crippen LogP contribution in [0, 0.1) is 22.2 Å². The lowest BCUT2D eigenvalue weighted by atomic mass is 9.52. The fourth-order valence-corrected chi connectivity index (χ4v) is 8.02. The zero-order valence-corrected chi connectivity index (χ0v) is 26.0. The van der Waals surface area contributed by atoms with Crippen LogP contribution >= 0.6 is 0 Å². The molecule has 4 nitrogen and oxygen atoms in total. The molecule has 0 radical (unpaired) electrons. The molecule has 4 atom stereocenters. The van der Waals surface area contributed by atoms with Crippen molar-refractivity contribution in [1.82, 2.24) is 9.97 Å². The predicted molar refractivity (Wildman–Crippen MR) is 168 cm³/mol. The molecule has 3 heterocycles. The van der Waals surface area contributed by atoms with Crippen molar-refractivity contribution in [2.24, 2.45) is 22.2 Å². The number of hydrogen-bond donors (Lipinski definition) is 0. The van der Waals surface area contributed by atoms with Gasteiger partial charge in [-0.1, -0.05) is 91.8 Å². The van der Waals surface area contributed by atoms with Gasteiger partial charge in [0.2, 0.25) is 0 Å². The standard InChI is InChI=1S/C36H48N4/c1-9-25-26-18-14-15-19-30(26)40-32-31(37-28(22-34(3,4)5)29(38-32)23-35(6,7)8)39(24-16-12-11-13-17-24)33(40)36(10-2)21-20-27(25)36/h11-19,25,27,33H,9-10,20-23H2,1-8H3. The van der Waals surface area contributed by atoms with Crippen molar-refractivity contribution in [3.05, 3.63) is 71.5 Å². The maximum absolute atomic E-state index is 5.65. The summed E-state index contributed by atoms with van der Waals surface area (Å²) in [5.74, 6) is 3.31. The van der Waals surface area contributed by atoms with E-state index < -0.39 is 0 Å². The summed E-state index contributed by atoms with van der Waals surface area (Å²) in [6, 6.07) is 20.2. The SMILES string of the molecule is CCC1c2ccccc2N2c3nc(CC(C)(C)C)c(CC(C)(C)C)nc3N(c3ccccc3)C2C2(CC)CCC12. The van der Waals surface area contributed by atoms with Gasteiger partial charge in [0.15, 0.2) is 11.6 Å². The van der Waals surface area contributed by atoms with Gasteiger partial charge >= 0.3 is 0 Å². The normalized spacial score (nSPS) is 25.4. The fourth-order valence-electron chi connectivity index (χ4n) is 8.02. The van der Waals surface area contributed by atoms with Crippen molar-refractivity contribution in [1.29, 1.82) is 0 Å². The molecular weight excluding hydrogens is 488 g/mol. The molecule has 212 valence electrons. The Morgan fingerprint density at radius 3 is 1.88 bits per heavy atom. The Morgan fingerprint density at radius 1 is 0.775 bits per heavy atom. The number of rotatable bonds is 5. The van der Waals surface area contributed by atoms with Crippen molar-refractivity contribution in [3.8, 4) is 0 Å². The molecule has 0 bridgehead atoms. The summed E-state index contributed by atoms with van der Waals surface area (Å²) < 4.78 is 0. The first-order chi connectivity index (χ1) is 19.0. The molecular formula is C36H48N4. The lowest BCUT2D eigenvalue weighted by Crippen LogP contribution is -2.59. The van der Waals surface area contributed by atoms with Crippen LogP contribution < -0.4 is 9.80 Å². The van der Waals surface area contributed by atoms with Gasteiger partial charge in [0, 0.05) is 16.8 Å². The number of nitrogens with zero attached hydrogens (tertiary/aromatic N) is 4. The minimum Gasteiger partial charge on any atom is -0.301 e. The van der Waals surface area contributed by atoms with Gasteiger partial charge in [0.1, 0.15) is 6.17 Å². The quantitative estimate of drug-likeness (QED) is 0.325. The molecule has 1 aliphatic carbocycles. The Bertz CT molecular complexity index is 1380. The second kappa shape index (κ2) is 9.60. The molecule has 4 heteroatoms. The second-order valence-corrected chi connectivity index (χ2v) is 15.0. The van der Waals surface area contributed by atoms with Gasteiger partial charge in [0.05, 0.1) is 11.4 Å². The number of aromatic nitrogens is 2. The molecule has 4 unspecified atom stereocenters. The lowest BCUT2D eigenvalue weighted by molar-refractivity contribution is -0.0137. The first-order valence-corrected chi connectivity index (χ1v) is 15.6. The van der Waals surface area contributed by atoms with Gasteiger partial charge in [-0.2, -0.15) is 0 Å². The topological polar surface area (TPSA) is 32.3 Å². The molecule has 1 saturated carbocycles. The van der Waals surface area contributed by atoms with Gasteiger partial charge in [-0.15, -0.1) is 0 Å². The Labute approximate surface area is 242 Å². The average molecular weight is 537 g/mol. The molecule has 2 aliphatic heterocycles. The van der Waals surface area contributed by atoms with E-state index in [0.717, 1.165) is 36.6 Å². The van der Waals surface area contributed by atoms with E-state index in [2.05, 4.69) is 120 Å². The van der Waals surface area contributed by atoms with E-state index in [-0.39, 0.29) is 22.4 Å². The Hall–Kier alpha value is -2.88. The van der Waals surface area contributed by atoms with Crippen molar-refractivity contribution >= 4 is 23.0 Å². The zero-order valence-electron chi connectivity index (χ0n) is 26.0. The maximum atomic E-state index is 5.65. The van der Waals surface area contributed by atoms with Crippen LogP contribution in [0.25, 0.3) is 0 Å². The van der Waals surface area contributed by atoms with Crippen LogP contribution in [0.5, 0.6) is 0 Å². The Kier molecular flexibility index (Phi) is 6.55. The highest BCUT2D eigenvalue weighted by Crippen LogP contribution is 2.67. The molecule has 0 N–H and O–H groups in total. The molecule has 6 rings (SSSR count). The Balaban J connectivity index is 1.67. The summed E-state index contributed by atoms with van der Waals surface area (Å²) in [6.45, 7) is 18.7. The summed E-state index contributed by atoms with van der Waals surface area (Å²) >= 11 is 0. The molecule has 0 amide bonds. The van der Waals surface area contributed by atoms with Crippen LogP contribution in [0.2, 0.25) is 0 Å². The van der Waals surface area contributed by atoms with Gasteiger partial charge in [-0.3, -0.25) is 0 Å². The molecule has 3 aliphatic rings. The smallest absolute Gasteiger partial charge is 0.178 e. The van der Waals surface area contributed by atoms with Gasteiger partial charge in [-0.25, -0.2) is 9.97 Å². The zero-order chi connectivity index (χ0) is 28.4. The van der Waals surface area contributed by atoms with E-state index in [9.17, 15) is 0 Å². The fraction of sp³-hybridized carbons (Fsp3) is 0.556. The van der Waals surface area contributed by atoms with E-state index in [1.54, 1.807) is 0 Å². The van der Waals surface area contributed by atoms with Gasteiger partial charge < -0.3 is 9.80 Å². The van der Waals surface area contributed by atoms with Crippen LogP contribution in [0.4, 0.5) is 23.0 Å². The first-order valence-electron chi connectivity index (χ1n) is 15.6. The van der Waals surface area contributed by atoms with Crippen molar-refractivity contribution < 1.29 is 0 Å². The molecule has 2 aromatic carbocycles. The number of anilines is 4. The third kappa shape index (κ3) is 4.33. The Morgan fingerprint density at radius 2 is 1.35 bits per heavy atom.